The zero-order valence-electron chi connectivity index (χ0n) is 10.5. The van der Waals surface area contributed by atoms with E-state index in [4.69, 9.17) is 5.73 Å². The summed E-state index contributed by atoms with van der Waals surface area (Å²) < 4.78 is 0. The smallest absolute Gasteiger partial charge is 0.270 e. The molecule has 2 unspecified atom stereocenters. The summed E-state index contributed by atoms with van der Waals surface area (Å²) in [7, 11) is 0. The lowest BCUT2D eigenvalue weighted by atomic mass is 9.87. The second-order valence-electron chi connectivity index (χ2n) is 4.77. The Morgan fingerprint density at radius 2 is 2.39 bits per heavy atom. The third-order valence-electron chi connectivity index (χ3n) is 3.23. The molecule has 1 aliphatic rings. The molecule has 0 radical (unpaired) electrons. The average molecular weight is 290 g/mol. The molecule has 1 aromatic rings. The number of halogens is 1. The number of aromatic nitrogens is 1. The molecule has 4 nitrogen and oxygen atoms in total. The molecule has 102 valence electrons. The maximum Gasteiger partial charge on any atom is 0.270 e. The molecule has 1 saturated carbocycles. The molecule has 2 rings (SSSR count). The van der Waals surface area contributed by atoms with Crippen molar-refractivity contribution < 1.29 is 4.79 Å². The summed E-state index contributed by atoms with van der Waals surface area (Å²) in [5.74, 6) is 0.657. The lowest BCUT2D eigenvalue weighted by Crippen LogP contribution is -2.38. The van der Waals surface area contributed by atoms with E-state index in [9.17, 15) is 4.79 Å². The number of carbonyl (C=O) groups is 1. The second-order valence-corrected chi connectivity index (χ2v) is 5.72. The number of amides is 1. The Kier molecular flexibility index (Phi) is 6.05. The van der Waals surface area contributed by atoms with Gasteiger partial charge < -0.3 is 11.1 Å². The maximum absolute atomic E-state index is 11.9. The van der Waals surface area contributed by atoms with Crippen LogP contribution in [0.3, 0.4) is 0 Å². The van der Waals surface area contributed by atoms with E-state index in [1.807, 2.05) is 0 Å². The number of thiazole rings is 1. The maximum atomic E-state index is 11.9. The van der Waals surface area contributed by atoms with Crippen LogP contribution >= 0.6 is 23.7 Å². The first-order valence-electron chi connectivity index (χ1n) is 6.14. The molecule has 0 aromatic carbocycles. The van der Waals surface area contributed by atoms with Crippen molar-refractivity contribution in [2.75, 3.05) is 0 Å². The topological polar surface area (TPSA) is 68.0 Å². The Morgan fingerprint density at radius 3 is 3.00 bits per heavy atom. The van der Waals surface area contributed by atoms with Gasteiger partial charge in [0.05, 0.1) is 0 Å². The van der Waals surface area contributed by atoms with Crippen molar-refractivity contribution >= 4 is 29.7 Å². The summed E-state index contributed by atoms with van der Waals surface area (Å²) in [6.07, 6.45) is 4.65. The number of hydrogen-bond acceptors (Lipinski definition) is 4. The van der Waals surface area contributed by atoms with E-state index in [0.29, 0.717) is 24.2 Å². The molecule has 18 heavy (non-hydrogen) atoms. The van der Waals surface area contributed by atoms with Crippen LogP contribution in [0.25, 0.3) is 0 Å². The Hall–Kier alpha value is -0.650. The normalized spacial score (nSPS) is 23.2. The fourth-order valence-corrected chi connectivity index (χ4v) is 2.99. The highest BCUT2D eigenvalue weighted by Crippen LogP contribution is 2.23. The van der Waals surface area contributed by atoms with E-state index < -0.39 is 0 Å². The third-order valence-corrected chi connectivity index (χ3v) is 4.10. The quantitative estimate of drug-likeness (QED) is 0.897. The van der Waals surface area contributed by atoms with E-state index in [2.05, 4.69) is 17.2 Å². The van der Waals surface area contributed by atoms with E-state index in [1.165, 1.54) is 24.2 Å². The van der Waals surface area contributed by atoms with Gasteiger partial charge in [0, 0.05) is 18.0 Å². The first-order valence-corrected chi connectivity index (χ1v) is 7.02. The highest BCUT2D eigenvalue weighted by molar-refractivity contribution is 7.09. The van der Waals surface area contributed by atoms with Crippen molar-refractivity contribution in [1.29, 1.82) is 0 Å². The van der Waals surface area contributed by atoms with Crippen LogP contribution in [-0.2, 0) is 6.54 Å². The van der Waals surface area contributed by atoms with Crippen molar-refractivity contribution in [3.63, 3.8) is 0 Å². The minimum Gasteiger partial charge on any atom is -0.348 e. The third kappa shape index (κ3) is 3.93. The number of nitrogens with one attached hydrogen (secondary N) is 1. The summed E-state index contributed by atoms with van der Waals surface area (Å²) in [6, 6.07) is 0.314. The van der Waals surface area contributed by atoms with E-state index in [1.54, 1.807) is 5.38 Å². The standard InChI is InChI=1S/C12H19N3OS.ClH/c1-8-3-2-4-9(5-8)14-12(16)10-7-17-11(6-13)15-10;/h7-9H,2-6,13H2,1H3,(H,14,16);1H. The first kappa shape index (κ1) is 15.4. The van der Waals surface area contributed by atoms with Gasteiger partial charge in [-0.05, 0) is 18.8 Å². The van der Waals surface area contributed by atoms with Crippen molar-refractivity contribution in [2.45, 2.75) is 45.2 Å². The van der Waals surface area contributed by atoms with Gasteiger partial charge in [-0.15, -0.1) is 23.7 Å². The summed E-state index contributed by atoms with van der Waals surface area (Å²) >= 11 is 1.44. The molecule has 1 aliphatic carbocycles. The molecule has 6 heteroatoms. The number of carbonyl (C=O) groups excluding carboxylic acids is 1. The zero-order valence-corrected chi connectivity index (χ0v) is 12.1. The largest absolute Gasteiger partial charge is 0.348 e. The summed E-state index contributed by atoms with van der Waals surface area (Å²) in [5.41, 5.74) is 5.99. The predicted octanol–water partition coefficient (Wildman–Crippen LogP) is 2.33. The van der Waals surface area contributed by atoms with Crippen molar-refractivity contribution in [3.05, 3.63) is 16.1 Å². The van der Waals surface area contributed by atoms with Gasteiger partial charge in [-0.3, -0.25) is 4.79 Å². The molecule has 0 spiro atoms. The fraction of sp³-hybridized carbons (Fsp3) is 0.667. The predicted molar refractivity (Wildman–Crippen MR) is 76.1 cm³/mol. The Balaban J connectivity index is 0.00000162. The van der Waals surface area contributed by atoms with Crippen LogP contribution in [0, 0.1) is 5.92 Å². The molecule has 1 amide bonds. The second kappa shape index (κ2) is 7.07. The molecule has 0 saturated heterocycles. The van der Waals surface area contributed by atoms with Crippen molar-refractivity contribution in [3.8, 4) is 0 Å². The van der Waals surface area contributed by atoms with E-state index in [-0.39, 0.29) is 18.3 Å². The van der Waals surface area contributed by atoms with Crippen LogP contribution < -0.4 is 11.1 Å². The molecule has 3 N–H and O–H groups in total. The Bertz CT molecular complexity index is 396. The van der Waals surface area contributed by atoms with Crippen LogP contribution in [0.2, 0.25) is 0 Å². The van der Waals surface area contributed by atoms with Gasteiger partial charge in [-0.25, -0.2) is 4.98 Å². The van der Waals surface area contributed by atoms with Crippen LogP contribution in [0.1, 0.15) is 48.1 Å². The molecule has 0 aliphatic heterocycles. The van der Waals surface area contributed by atoms with Crippen LogP contribution in [-0.4, -0.2) is 16.9 Å². The minimum atomic E-state index is -0.0555. The number of hydrogen-bond donors (Lipinski definition) is 2. The van der Waals surface area contributed by atoms with E-state index in [0.717, 1.165) is 17.8 Å². The SMILES string of the molecule is CC1CCCC(NC(=O)c2csc(CN)n2)C1.Cl. The number of rotatable bonds is 3. The van der Waals surface area contributed by atoms with Gasteiger partial charge in [-0.1, -0.05) is 19.8 Å². The molecule has 1 heterocycles. The highest BCUT2D eigenvalue weighted by atomic mass is 35.5. The van der Waals surface area contributed by atoms with Crippen LogP contribution in [0.4, 0.5) is 0 Å². The first-order chi connectivity index (χ1) is 8.19. The molecule has 1 aromatic heterocycles. The summed E-state index contributed by atoms with van der Waals surface area (Å²) in [6.45, 7) is 2.64. The van der Waals surface area contributed by atoms with Gasteiger partial charge in [0.15, 0.2) is 0 Å². The lowest BCUT2D eigenvalue weighted by Gasteiger charge is -2.27. The highest BCUT2D eigenvalue weighted by Gasteiger charge is 2.21. The molecular weight excluding hydrogens is 270 g/mol. The monoisotopic (exact) mass is 289 g/mol. The Labute approximate surface area is 118 Å². The summed E-state index contributed by atoms with van der Waals surface area (Å²) in [5, 5.41) is 5.66. The zero-order chi connectivity index (χ0) is 12.3. The van der Waals surface area contributed by atoms with E-state index >= 15 is 0 Å². The van der Waals surface area contributed by atoms with Crippen molar-refractivity contribution in [1.82, 2.24) is 10.3 Å². The van der Waals surface area contributed by atoms with Gasteiger partial charge in [0.2, 0.25) is 0 Å². The molecule has 0 bridgehead atoms. The van der Waals surface area contributed by atoms with Crippen LogP contribution in [0.5, 0.6) is 0 Å². The Morgan fingerprint density at radius 1 is 1.61 bits per heavy atom. The molecule has 1 fully saturated rings. The van der Waals surface area contributed by atoms with Gasteiger partial charge >= 0.3 is 0 Å². The number of nitrogens with two attached hydrogens (primary N) is 1. The van der Waals surface area contributed by atoms with Crippen LogP contribution in [0.15, 0.2) is 5.38 Å². The van der Waals surface area contributed by atoms with Crippen molar-refractivity contribution in [2.24, 2.45) is 11.7 Å². The molecule has 2 atom stereocenters. The fourth-order valence-electron chi connectivity index (χ4n) is 2.33. The van der Waals surface area contributed by atoms with Gasteiger partial charge in [0.25, 0.3) is 5.91 Å². The minimum absolute atomic E-state index is 0. The van der Waals surface area contributed by atoms with Gasteiger partial charge in [0.1, 0.15) is 10.7 Å². The summed E-state index contributed by atoms with van der Waals surface area (Å²) in [4.78, 5) is 16.1. The molecular formula is C12H20ClN3OS. The van der Waals surface area contributed by atoms with Gasteiger partial charge in [-0.2, -0.15) is 0 Å². The number of nitrogens with zero attached hydrogens (tertiary/aromatic N) is 1. The lowest BCUT2D eigenvalue weighted by molar-refractivity contribution is 0.0917. The average Bonchev–Trinajstić information content (AvgIpc) is 2.77.